The number of halogens is 1. The summed E-state index contributed by atoms with van der Waals surface area (Å²) < 4.78 is 6.39. The molecular weight excluding hydrogens is 414 g/mol. The molecule has 0 saturated carbocycles. The molecule has 0 bridgehead atoms. The number of aryl methyl sites for hydroxylation is 2. The molecule has 0 radical (unpaired) electrons. The normalized spacial score (nSPS) is 23.8. The average molecular weight is 440 g/mol. The van der Waals surface area contributed by atoms with Crippen molar-refractivity contribution >= 4 is 23.8 Å². The van der Waals surface area contributed by atoms with Crippen LogP contribution in [0.5, 0.6) is 5.75 Å². The lowest BCUT2D eigenvalue weighted by atomic mass is 9.68. The summed E-state index contributed by atoms with van der Waals surface area (Å²) in [5.41, 5.74) is 0.272. The number of nitrogens with zero attached hydrogens (tertiary/aromatic N) is 1. The smallest absolute Gasteiger partial charge is 0.303 e. The highest BCUT2D eigenvalue weighted by atomic mass is 35.5. The molecule has 162 valence electrons. The van der Waals surface area contributed by atoms with E-state index in [2.05, 4.69) is 4.99 Å². The molecule has 0 spiro atoms. The van der Waals surface area contributed by atoms with Gasteiger partial charge in [0.2, 0.25) is 0 Å². The highest BCUT2D eigenvalue weighted by Gasteiger charge is 2.57. The summed E-state index contributed by atoms with van der Waals surface area (Å²) in [7, 11) is 0. The largest absolute Gasteiger partial charge is 0.487 e. The Hall–Kier alpha value is -2.63. The maximum Gasteiger partial charge on any atom is 0.303 e. The zero-order valence-electron chi connectivity index (χ0n) is 17.4. The van der Waals surface area contributed by atoms with Crippen molar-refractivity contribution in [2.24, 2.45) is 4.99 Å². The molecule has 2 aromatic rings. The van der Waals surface area contributed by atoms with Crippen molar-refractivity contribution in [3.8, 4) is 5.75 Å². The predicted octanol–water partition coefficient (Wildman–Crippen LogP) is 4.73. The SMILES string of the molecule is CCC1(C(O)(c2ccccc2Cl)C2CCc3cc(CCC(=O)O)ccc3O2)C=CC=N1. The van der Waals surface area contributed by atoms with E-state index < -0.39 is 23.2 Å². The van der Waals surface area contributed by atoms with Crippen molar-refractivity contribution < 1.29 is 19.7 Å². The number of allylic oxidation sites excluding steroid dienone is 1. The Morgan fingerprint density at radius 3 is 2.81 bits per heavy atom. The Bertz CT molecular complexity index is 1040. The first-order chi connectivity index (χ1) is 14.9. The Kier molecular flexibility index (Phi) is 5.91. The van der Waals surface area contributed by atoms with Crippen molar-refractivity contribution in [3.05, 3.63) is 76.3 Å². The van der Waals surface area contributed by atoms with Crippen molar-refractivity contribution in [2.45, 2.75) is 56.3 Å². The van der Waals surface area contributed by atoms with E-state index in [1.54, 1.807) is 12.3 Å². The van der Waals surface area contributed by atoms with Crippen LogP contribution >= 0.6 is 11.6 Å². The first-order valence-corrected chi connectivity index (χ1v) is 11.0. The zero-order valence-corrected chi connectivity index (χ0v) is 18.2. The fourth-order valence-electron chi connectivity index (χ4n) is 4.72. The third kappa shape index (κ3) is 3.77. The molecule has 31 heavy (non-hydrogen) atoms. The molecule has 2 heterocycles. The van der Waals surface area contributed by atoms with Gasteiger partial charge in [-0.1, -0.05) is 54.9 Å². The molecule has 2 aliphatic rings. The summed E-state index contributed by atoms with van der Waals surface area (Å²) in [5.74, 6) is -0.105. The maximum atomic E-state index is 12.3. The number of benzene rings is 2. The molecule has 6 heteroatoms. The minimum Gasteiger partial charge on any atom is -0.487 e. The van der Waals surface area contributed by atoms with E-state index in [1.807, 2.05) is 55.5 Å². The summed E-state index contributed by atoms with van der Waals surface area (Å²) in [4.78, 5) is 15.6. The summed E-state index contributed by atoms with van der Waals surface area (Å²) in [5, 5.41) is 21.7. The molecule has 0 fully saturated rings. The topological polar surface area (TPSA) is 79.1 Å². The number of aliphatic hydroxyl groups is 1. The van der Waals surface area contributed by atoms with Gasteiger partial charge in [0.25, 0.3) is 0 Å². The molecule has 0 saturated heterocycles. The number of carbonyl (C=O) groups is 1. The summed E-state index contributed by atoms with van der Waals surface area (Å²) in [6, 6.07) is 13.1. The van der Waals surface area contributed by atoms with Crippen molar-refractivity contribution in [1.29, 1.82) is 0 Å². The van der Waals surface area contributed by atoms with Gasteiger partial charge >= 0.3 is 5.97 Å². The molecule has 3 unspecified atom stereocenters. The van der Waals surface area contributed by atoms with E-state index in [-0.39, 0.29) is 6.42 Å². The van der Waals surface area contributed by atoms with Gasteiger partial charge in [0, 0.05) is 23.2 Å². The van der Waals surface area contributed by atoms with E-state index in [1.165, 1.54) is 0 Å². The second-order valence-corrected chi connectivity index (χ2v) is 8.55. The molecule has 4 rings (SSSR count). The van der Waals surface area contributed by atoms with Crippen LogP contribution in [0.4, 0.5) is 0 Å². The quantitative estimate of drug-likeness (QED) is 0.653. The molecule has 2 aliphatic heterocycles. The highest BCUT2D eigenvalue weighted by molar-refractivity contribution is 6.31. The molecule has 5 nitrogen and oxygen atoms in total. The number of hydrogen-bond donors (Lipinski definition) is 2. The van der Waals surface area contributed by atoms with Crippen molar-refractivity contribution in [2.75, 3.05) is 0 Å². The second kappa shape index (κ2) is 8.48. The maximum absolute atomic E-state index is 12.3. The monoisotopic (exact) mass is 439 g/mol. The van der Waals surface area contributed by atoms with Gasteiger partial charge in [-0.3, -0.25) is 9.79 Å². The number of rotatable bonds is 7. The standard InChI is InChI=1S/C25H26ClNO4/c1-2-24(14-5-15-27-24)25(30,19-6-3-4-7-20(19)26)22-12-10-18-16-17(9-13-23(28)29)8-11-21(18)31-22/h3-8,11,14-16,22,30H,2,9-10,12-13H2,1H3,(H,28,29). The molecule has 0 amide bonds. The molecule has 0 aliphatic carbocycles. The fraction of sp³-hybridized carbons (Fsp3) is 0.360. The van der Waals surface area contributed by atoms with E-state index in [4.69, 9.17) is 21.4 Å². The number of carboxylic acids is 1. The number of aliphatic carboxylic acids is 1. The van der Waals surface area contributed by atoms with Crippen LogP contribution in [0.2, 0.25) is 5.02 Å². The van der Waals surface area contributed by atoms with Crippen LogP contribution in [0, 0.1) is 0 Å². The van der Waals surface area contributed by atoms with Gasteiger partial charge in [0.15, 0.2) is 5.60 Å². The third-order valence-electron chi connectivity index (χ3n) is 6.41. The van der Waals surface area contributed by atoms with E-state index in [0.717, 1.165) is 11.1 Å². The Labute approximate surface area is 187 Å². The fourth-order valence-corrected chi connectivity index (χ4v) is 5.00. The number of aliphatic imine (C=N–C) groups is 1. The average Bonchev–Trinajstić information content (AvgIpc) is 3.28. The Morgan fingerprint density at radius 2 is 2.13 bits per heavy atom. The van der Waals surface area contributed by atoms with E-state index in [0.29, 0.717) is 42.0 Å². The Morgan fingerprint density at radius 1 is 1.32 bits per heavy atom. The second-order valence-electron chi connectivity index (χ2n) is 8.14. The minimum absolute atomic E-state index is 0.0951. The van der Waals surface area contributed by atoms with Gasteiger partial charge in [-0.05, 0) is 55.0 Å². The molecular formula is C25H26ClNO4. The first kappa shape index (κ1) is 21.6. The zero-order chi connectivity index (χ0) is 22.1. The van der Waals surface area contributed by atoms with Gasteiger partial charge in [-0.2, -0.15) is 0 Å². The van der Waals surface area contributed by atoms with E-state index in [9.17, 15) is 9.90 Å². The lowest BCUT2D eigenvalue weighted by Crippen LogP contribution is -2.58. The molecule has 0 aromatic heterocycles. The van der Waals surface area contributed by atoms with Gasteiger partial charge in [-0.25, -0.2) is 0 Å². The first-order valence-electron chi connectivity index (χ1n) is 10.6. The highest BCUT2D eigenvalue weighted by Crippen LogP contribution is 2.49. The van der Waals surface area contributed by atoms with Gasteiger partial charge in [0.05, 0.1) is 0 Å². The summed E-state index contributed by atoms with van der Waals surface area (Å²) in [6.45, 7) is 2.00. The number of carboxylic acid groups (broad SMARTS) is 1. The summed E-state index contributed by atoms with van der Waals surface area (Å²) >= 11 is 6.57. The van der Waals surface area contributed by atoms with Crippen molar-refractivity contribution in [1.82, 2.24) is 0 Å². The molecule has 2 N–H and O–H groups in total. The van der Waals surface area contributed by atoms with Crippen LogP contribution < -0.4 is 4.74 Å². The van der Waals surface area contributed by atoms with Gasteiger partial charge < -0.3 is 14.9 Å². The van der Waals surface area contributed by atoms with Crippen LogP contribution in [0.3, 0.4) is 0 Å². The van der Waals surface area contributed by atoms with Crippen LogP contribution in [0.25, 0.3) is 0 Å². The summed E-state index contributed by atoms with van der Waals surface area (Å²) in [6.07, 6.45) is 7.42. The predicted molar refractivity (Wildman–Crippen MR) is 121 cm³/mol. The Balaban J connectivity index is 1.72. The minimum atomic E-state index is -1.46. The third-order valence-corrected chi connectivity index (χ3v) is 6.74. The lowest BCUT2D eigenvalue weighted by Gasteiger charge is -2.48. The van der Waals surface area contributed by atoms with Gasteiger partial charge in [-0.15, -0.1) is 0 Å². The van der Waals surface area contributed by atoms with E-state index >= 15 is 0 Å². The van der Waals surface area contributed by atoms with Gasteiger partial charge in [0.1, 0.15) is 17.4 Å². The number of fused-ring (bicyclic) bond motifs is 1. The van der Waals surface area contributed by atoms with Crippen LogP contribution in [-0.4, -0.2) is 34.0 Å². The van der Waals surface area contributed by atoms with Crippen molar-refractivity contribution in [3.63, 3.8) is 0 Å². The number of ether oxygens (including phenoxy) is 1. The molecule has 2 aromatic carbocycles. The lowest BCUT2D eigenvalue weighted by molar-refractivity contribution is -0.136. The van der Waals surface area contributed by atoms with Crippen LogP contribution in [0.15, 0.2) is 59.6 Å². The van der Waals surface area contributed by atoms with Crippen LogP contribution in [0.1, 0.15) is 42.9 Å². The number of hydrogen-bond acceptors (Lipinski definition) is 4. The molecule has 3 atom stereocenters. The van der Waals surface area contributed by atoms with Crippen LogP contribution in [-0.2, 0) is 23.2 Å².